The highest BCUT2D eigenvalue weighted by molar-refractivity contribution is 6.33. The fourth-order valence-corrected chi connectivity index (χ4v) is 1.56. The Labute approximate surface area is 114 Å². The minimum absolute atomic E-state index is 0.0294. The van der Waals surface area contributed by atoms with E-state index >= 15 is 0 Å². The first-order valence-electron chi connectivity index (χ1n) is 4.95. The molecule has 0 saturated carbocycles. The van der Waals surface area contributed by atoms with E-state index in [0.29, 0.717) is 0 Å². The summed E-state index contributed by atoms with van der Waals surface area (Å²) in [4.78, 5) is 13.7. The molecule has 0 aliphatic heterocycles. The van der Waals surface area contributed by atoms with Crippen LogP contribution in [0.5, 0.6) is 5.75 Å². The summed E-state index contributed by atoms with van der Waals surface area (Å²) in [7, 11) is 0. The summed E-state index contributed by atoms with van der Waals surface area (Å²) >= 11 is 5.84. The molecule has 0 saturated heterocycles. The van der Waals surface area contributed by atoms with Crippen molar-refractivity contribution in [3.63, 3.8) is 0 Å². The number of hydrogen-bond acceptors (Lipinski definition) is 5. The highest BCUT2D eigenvalue weighted by atomic mass is 35.5. The molecule has 0 aliphatic carbocycles. The third kappa shape index (κ3) is 2.99. The van der Waals surface area contributed by atoms with Crippen molar-refractivity contribution in [1.29, 1.82) is 0 Å². The van der Waals surface area contributed by atoms with Gasteiger partial charge in [-0.2, -0.15) is 18.2 Å². The van der Waals surface area contributed by atoms with Gasteiger partial charge in [0, 0.05) is 11.6 Å². The van der Waals surface area contributed by atoms with Crippen LogP contribution in [0.3, 0.4) is 0 Å². The normalized spacial score (nSPS) is 11.4. The van der Waals surface area contributed by atoms with Gasteiger partial charge in [0.2, 0.25) is 5.82 Å². The summed E-state index contributed by atoms with van der Waals surface area (Å²) in [5.41, 5.74) is 4.89. The average Bonchev–Trinajstić information content (AvgIpc) is 2.77. The van der Waals surface area contributed by atoms with Crippen LogP contribution in [0, 0.1) is 0 Å². The van der Waals surface area contributed by atoms with Crippen LogP contribution in [-0.2, 0) is 6.18 Å². The quantitative estimate of drug-likeness (QED) is 0.921. The SMILES string of the molecule is NC(=O)Oc1ccc(-c2noc(C(F)(F)F)n2)c(Cl)c1. The molecule has 10 heteroatoms. The van der Waals surface area contributed by atoms with Crippen LogP contribution in [0.2, 0.25) is 5.02 Å². The van der Waals surface area contributed by atoms with Crippen molar-refractivity contribution >= 4 is 17.7 Å². The van der Waals surface area contributed by atoms with Gasteiger partial charge in [0.15, 0.2) is 0 Å². The Hall–Kier alpha value is -2.29. The third-order valence-corrected chi connectivity index (χ3v) is 2.38. The van der Waals surface area contributed by atoms with Gasteiger partial charge < -0.3 is 15.0 Å². The Morgan fingerprint density at radius 2 is 2.10 bits per heavy atom. The smallest absolute Gasteiger partial charge is 0.410 e. The van der Waals surface area contributed by atoms with Gasteiger partial charge in [-0.15, -0.1) is 0 Å². The summed E-state index contributed by atoms with van der Waals surface area (Å²) in [5, 5.41) is 3.15. The van der Waals surface area contributed by atoms with Crippen molar-refractivity contribution in [1.82, 2.24) is 10.1 Å². The van der Waals surface area contributed by atoms with Gasteiger partial charge >= 0.3 is 18.2 Å². The Kier molecular flexibility index (Phi) is 3.53. The topological polar surface area (TPSA) is 91.2 Å². The number of rotatable bonds is 2. The van der Waals surface area contributed by atoms with Crippen LogP contribution in [0.1, 0.15) is 5.89 Å². The fraction of sp³-hybridized carbons (Fsp3) is 0.100. The van der Waals surface area contributed by atoms with Crippen LogP contribution in [0.25, 0.3) is 11.4 Å². The van der Waals surface area contributed by atoms with E-state index in [0.717, 1.165) is 0 Å². The molecule has 2 N–H and O–H groups in total. The molecule has 20 heavy (non-hydrogen) atoms. The first-order valence-corrected chi connectivity index (χ1v) is 5.33. The van der Waals surface area contributed by atoms with Crippen LogP contribution in [0.15, 0.2) is 22.7 Å². The number of alkyl halides is 3. The number of halogens is 4. The van der Waals surface area contributed by atoms with E-state index in [1.165, 1.54) is 18.2 Å². The van der Waals surface area contributed by atoms with Gasteiger partial charge in [-0.25, -0.2) is 4.79 Å². The van der Waals surface area contributed by atoms with E-state index in [-0.39, 0.29) is 22.2 Å². The number of carbonyl (C=O) groups is 1. The van der Waals surface area contributed by atoms with Gasteiger partial charge in [0.1, 0.15) is 5.75 Å². The molecule has 0 unspecified atom stereocenters. The van der Waals surface area contributed by atoms with Crippen LogP contribution >= 0.6 is 11.6 Å². The maximum absolute atomic E-state index is 12.3. The maximum Gasteiger partial charge on any atom is 0.471 e. The largest absolute Gasteiger partial charge is 0.471 e. The zero-order valence-corrected chi connectivity index (χ0v) is 10.2. The zero-order valence-electron chi connectivity index (χ0n) is 9.44. The molecular formula is C10H5ClF3N3O3. The van der Waals surface area contributed by atoms with Gasteiger partial charge in [-0.05, 0) is 12.1 Å². The molecule has 0 fully saturated rings. The lowest BCUT2D eigenvalue weighted by molar-refractivity contribution is -0.159. The predicted octanol–water partition coefficient (Wildman–Crippen LogP) is 2.87. The van der Waals surface area contributed by atoms with E-state index in [4.69, 9.17) is 17.3 Å². The second-order valence-electron chi connectivity index (χ2n) is 3.48. The van der Waals surface area contributed by atoms with Crippen molar-refractivity contribution < 1.29 is 27.2 Å². The predicted molar refractivity (Wildman–Crippen MR) is 60.0 cm³/mol. The number of primary amides is 1. The molecule has 106 valence electrons. The van der Waals surface area contributed by atoms with Crippen molar-refractivity contribution in [2.45, 2.75) is 6.18 Å². The lowest BCUT2D eigenvalue weighted by Gasteiger charge is -2.03. The Morgan fingerprint density at radius 1 is 1.40 bits per heavy atom. The molecule has 1 heterocycles. The molecule has 0 atom stereocenters. The molecule has 0 spiro atoms. The van der Waals surface area contributed by atoms with Crippen LogP contribution in [0.4, 0.5) is 18.0 Å². The first-order chi connectivity index (χ1) is 9.27. The molecule has 2 aromatic rings. The van der Waals surface area contributed by atoms with Gasteiger partial charge in [-0.3, -0.25) is 0 Å². The molecular weight excluding hydrogens is 303 g/mol. The van der Waals surface area contributed by atoms with Gasteiger partial charge in [-0.1, -0.05) is 16.8 Å². The second kappa shape index (κ2) is 5.00. The van der Waals surface area contributed by atoms with Crippen molar-refractivity contribution in [2.75, 3.05) is 0 Å². The number of carbonyl (C=O) groups excluding carboxylic acids is 1. The van der Waals surface area contributed by atoms with Crippen LogP contribution in [-0.4, -0.2) is 16.2 Å². The molecule has 1 amide bonds. The van der Waals surface area contributed by atoms with E-state index in [2.05, 4.69) is 19.4 Å². The van der Waals surface area contributed by atoms with Gasteiger partial charge in [0.25, 0.3) is 0 Å². The zero-order chi connectivity index (χ0) is 14.9. The second-order valence-corrected chi connectivity index (χ2v) is 3.89. The molecule has 1 aromatic carbocycles. The number of amides is 1. The highest BCUT2D eigenvalue weighted by Gasteiger charge is 2.38. The number of nitrogens with two attached hydrogens (primary N) is 1. The van der Waals surface area contributed by atoms with E-state index in [9.17, 15) is 18.0 Å². The lowest BCUT2D eigenvalue weighted by Crippen LogP contribution is -2.16. The Balaban J connectivity index is 2.34. The summed E-state index contributed by atoms with van der Waals surface area (Å²) in [6.07, 6.45) is -5.79. The summed E-state index contributed by atoms with van der Waals surface area (Å²) in [6, 6.07) is 3.73. The van der Waals surface area contributed by atoms with Crippen LogP contribution < -0.4 is 10.5 Å². The monoisotopic (exact) mass is 307 g/mol. The van der Waals surface area contributed by atoms with Gasteiger partial charge in [0.05, 0.1) is 5.02 Å². The number of hydrogen-bond donors (Lipinski definition) is 1. The molecule has 6 nitrogen and oxygen atoms in total. The van der Waals surface area contributed by atoms with Crippen molar-refractivity contribution in [3.05, 3.63) is 29.1 Å². The molecule has 0 bridgehead atoms. The highest BCUT2D eigenvalue weighted by Crippen LogP contribution is 2.33. The molecule has 0 radical (unpaired) electrons. The summed E-state index contributed by atoms with van der Waals surface area (Å²) in [6.45, 7) is 0. The minimum atomic E-state index is -4.74. The Bertz CT molecular complexity index is 657. The third-order valence-electron chi connectivity index (χ3n) is 2.07. The number of benzene rings is 1. The standard InChI is InChI=1S/C10H5ClF3N3O3/c11-6-3-4(19-9(15)18)1-2-5(6)7-16-8(20-17-7)10(12,13)14/h1-3H,(H2,15,18). The van der Waals surface area contributed by atoms with E-state index in [1.54, 1.807) is 0 Å². The number of ether oxygens (including phenoxy) is 1. The number of aromatic nitrogens is 2. The summed E-state index contributed by atoms with van der Waals surface area (Å²) < 4.78 is 45.6. The Morgan fingerprint density at radius 3 is 2.60 bits per heavy atom. The fourth-order valence-electron chi connectivity index (χ4n) is 1.30. The first kappa shape index (κ1) is 14.1. The molecule has 2 rings (SSSR count). The summed E-state index contributed by atoms with van der Waals surface area (Å²) in [5.74, 6) is -1.79. The number of nitrogens with zero attached hydrogens (tertiary/aromatic N) is 2. The molecule has 0 aliphatic rings. The van der Waals surface area contributed by atoms with Crippen molar-refractivity contribution in [3.8, 4) is 17.1 Å². The maximum atomic E-state index is 12.3. The molecule has 1 aromatic heterocycles. The van der Waals surface area contributed by atoms with E-state index < -0.39 is 18.2 Å². The van der Waals surface area contributed by atoms with Crippen molar-refractivity contribution in [2.24, 2.45) is 5.73 Å². The minimum Gasteiger partial charge on any atom is -0.410 e. The average molecular weight is 308 g/mol. The van der Waals surface area contributed by atoms with E-state index in [1.807, 2.05) is 0 Å². The lowest BCUT2D eigenvalue weighted by atomic mass is 10.2.